The zero-order valence-corrected chi connectivity index (χ0v) is 10.7. The van der Waals surface area contributed by atoms with Crippen LogP contribution < -0.4 is 0 Å². The largest absolute Gasteiger partial charge is 0.511 e. The summed E-state index contributed by atoms with van der Waals surface area (Å²) in [6.45, 7) is 1.47. The molecule has 0 aromatic heterocycles. The molecule has 2 aliphatic heterocycles. The van der Waals surface area contributed by atoms with Crippen LogP contribution in [0.5, 0.6) is 0 Å². The fraction of sp³-hybridized carbons (Fsp3) is 0.750. The van der Waals surface area contributed by atoms with Crippen LogP contribution in [0.15, 0.2) is 0 Å². The zero-order chi connectivity index (χ0) is 14.3. The van der Waals surface area contributed by atoms with E-state index in [1.807, 2.05) is 0 Å². The van der Waals surface area contributed by atoms with Gasteiger partial charge in [-0.15, -0.1) is 0 Å². The van der Waals surface area contributed by atoms with Crippen molar-refractivity contribution in [1.82, 2.24) is 0 Å². The second-order valence-corrected chi connectivity index (χ2v) is 5.27. The predicted molar refractivity (Wildman–Crippen MR) is 52.8 cm³/mol. The lowest BCUT2D eigenvalue weighted by molar-refractivity contribution is -0.132. The lowest BCUT2D eigenvalue weighted by Crippen LogP contribution is -2.40. The van der Waals surface area contributed by atoms with Crippen LogP contribution in [0.4, 0.5) is 9.59 Å². The van der Waals surface area contributed by atoms with Gasteiger partial charge in [0.1, 0.15) is 0 Å². The molecule has 2 saturated heterocycles. The fourth-order valence-corrected chi connectivity index (χ4v) is 2.44. The fourth-order valence-electron chi connectivity index (χ4n) is 1.38. The van der Waals surface area contributed by atoms with Crippen LogP contribution in [0.3, 0.4) is 0 Å². The molecule has 0 N–H and O–H groups in total. The van der Waals surface area contributed by atoms with Crippen molar-refractivity contribution in [1.29, 1.82) is 0 Å². The Morgan fingerprint density at radius 2 is 1.32 bits per heavy atom. The highest BCUT2D eigenvalue weighted by atomic mass is 32.3. The van der Waals surface area contributed by atoms with Crippen molar-refractivity contribution in [3.8, 4) is 0 Å². The zero-order valence-electron chi connectivity index (χ0n) is 9.90. The standard InChI is InChI=1S/C8H10O10S/c1-7(3-13-5(9)15-7)17-19(11,12)18-8(2)4-14-6(10)16-8/h3-4H2,1-2H3. The minimum absolute atomic E-state index is 0.429. The Balaban J connectivity index is 2.03. The summed E-state index contributed by atoms with van der Waals surface area (Å²) in [6.07, 6.45) is -2.14. The molecule has 10 nitrogen and oxygen atoms in total. The van der Waals surface area contributed by atoms with Crippen molar-refractivity contribution < 1.29 is 45.3 Å². The van der Waals surface area contributed by atoms with Gasteiger partial charge in [0.05, 0.1) is 0 Å². The minimum Gasteiger partial charge on any atom is -0.427 e. The molecule has 0 radical (unpaired) electrons. The molecule has 0 saturated carbocycles. The maximum Gasteiger partial charge on any atom is 0.511 e. The van der Waals surface area contributed by atoms with E-state index in [4.69, 9.17) is 0 Å². The maximum atomic E-state index is 11.6. The molecule has 2 rings (SSSR count). The van der Waals surface area contributed by atoms with Crippen LogP contribution in [0.2, 0.25) is 0 Å². The van der Waals surface area contributed by atoms with Gasteiger partial charge >= 0.3 is 22.7 Å². The van der Waals surface area contributed by atoms with Crippen LogP contribution in [0, 0.1) is 0 Å². The summed E-state index contributed by atoms with van der Waals surface area (Å²) in [5.74, 6) is -3.68. The van der Waals surface area contributed by atoms with Gasteiger partial charge in [-0.1, -0.05) is 0 Å². The van der Waals surface area contributed by atoms with E-state index >= 15 is 0 Å². The lowest BCUT2D eigenvalue weighted by atomic mass is 10.4. The average molecular weight is 298 g/mol. The van der Waals surface area contributed by atoms with Crippen molar-refractivity contribution in [2.24, 2.45) is 0 Å². The van der Waals surface area contributed by atoms with Gasteiger partial charge in [-0.25, -0.2) is 9.59 Å². The SMILES string of the molecule is CC1(OS(=O)(=O)OC2(C)COC(=O)O2)COC(=O)O1. The molecule has 2 unspecified atom stereocenters. The molecule has 0 bridgehead atoms. The molecule has 11 heteroatoms. The van der Waals surface area contributed by atoms with Crippen molar-refractivity contribution in [2.45, 2.75) is 25.4 Å². The Bertz CT molecular complexity index is 472. The monoisotopic (exact) mass is 298 g/mol. The predicted octanol–water partition coefficient (Wildman–Crippen LogP) is 0.0304. The smallest absolute Gasteiger partial charge is 0.427 e. The normalized spacial score (nSPS) is 34.4. The van der Waals surface area contributed by atoms with Gasteiger partial charge in [-0.3, -0.25) is 0 Å². The van der Waals surface area contributed by atoms with Crippen LogP contribution in [-0.4, -0.2) is 45.5 Å². The molecular weight excluding hydrogens is 288 g/mol. The maximum absolute atomic E-state index is 11.6. The Hall–Kier alpha value is -1.59. The highest BCUT2D eigenvalue weighted by molar-refractivity contribution is 7.81. The number of hydrogen-bond acceptors (Lipinski definition) is 10. The van der Waals surface area contributed by atoms with Gasteiger partial charge in [0.2, 0.25) is 0 Å². The first-order valence-electron chi connectivity index (χ1n) is 4.99. The summed E-state index contributed by atoms with van der Waals surface area (Å²) >= 11 is 0. The number of hydrogen-bond donors (Lipinski definition) is 0. The van der Waals surface area contributed by atoms with E-state index < -0.39 is 47.5 Å². The molecule has 0 spiro atoms. The van der Waals surface area contributed by atoms with Gasteiger partial charge in [0.15, 0.2) is 13.2 Å². The van der Waals surface area contributed by atoms with E-state index in [2.05, 4.69) is 27.3 Å². The molecular formula is C8H10O10S. The van der Waals surface area contributed by atoms with Gasteiger partial charge in [-0.2, -0.15) is 16.8 Å². The number of cyclic esters (lactones) is 4. The third-order valence-corrected chi connectivity index (χ3v) is 3.17. The molecule has 0 aliphatic carbocycles. The third-order valence-electron chi connectivity index (χ3n) is 2.06. The summed E-state index contributed by atoms with van der Waals surface area (Å²) < 4.78 is 50.2. The van der Waals surface area contributed by atoms with E-state index in [0.29, 0.717) is 0 Å². The quantitative estimate of drug-likeness (QED) is 0.656. The Labute approximate surface area is 107 Å². The van der Waals surface area contributed by atoms with Gasteiger partial charge in [-0.05, 0) is 0 Å². The first-order chi connectivity index (χ1) is 8.62. The van der Waals surface area contributed by atoms with Crippen molar-refractivity contribution in [3.05, 3.63) is 0 Å². The molecule has 0 aromatic rings. The van der Waals surface area contributed by atoms with Crippen LogP contribution in [-0.2, 0) is 37.7 Å². The van der Waals surface area contributed by atoms with Crippen LogP contribution >= 0.6 is 0 Å². The minimum atomic E-state index is -4.63. The Morgan fingerprint density at radius 1 is 0.947 bits per heavy atom. The van der Waals surface area contributed by atoms with Gasteiger partial charge < -0.3 is 18.9 Å². The molecule has 2 atom stereocenters. The number of carbonyl (C=O) groups excluding carboxylic acids is 2. The second-order valence-electron chi connectivity index (χ2n) is 4.12. The van der Waals surface area contributed by atoms with Crippen molar-refractivity contribution in [2.75, 3.05) is 13.2 Å². The Morgan fingerprint density at radius 3 is 1.58 bits per heavy atom. The summed E-state index contributed by atoms with van der Waals surface area (Å²) in [6, 6.07) is 0. The molecule has 2 heterocycles. The van der Waals surface area contributed by atoms with Gasteiger partial charge in [0, 0.05) is 13.8 Å². The molecule has 108 valence electrons. The highest BCUT2D eigenvalue weighted by Gasteiger charge is 2.48. The van der Waals surface area contributed by atoms with E-state index in [0.717, 1.165) is 13.8 Å². The van der Waals surface area contributed by atoms with Gasteiger partial charge in [0.25, 0.3) is 11.6 Å². The van der Waals surface area contributed by atoms with Crippen molar-refractivity contribution in [3.63, 3.8) is 0 Å². The Kier molecular flexibility index (Phi) is 3.07. The second kappa shape index (κ2) is 4.21. The molecule has 0 amide bonds. The molecule has 2 fully saturated rings. The van der Waals surface area contributed by atoms with Crippen molar-refractivity contribution >= 4 is 22.7 Å². The van der Waals surface area contributed by atoms with Crippen LogP contribution in [0.25, 0.3) is 0 Å². The molecule has 0 aromatic carbocycles. The average Bonchev–Trinajstić information content (AvgIpc) is 2.68. The molecule has 2 aliphatic rings. The van der Waals surface area contributed by atoms with Crippen LogP contribution in [0.1, 0.15) is 13.8 Å². The third kappa shape index (κ3) is 3.24. The van der Waals surface area contributed by atoms with E-state index in [-0.39, 0.29) is 0 Å². The molecule has 19 heavy (non-hydrogen) atoms. The number of ether oxygens (including phenoxy) is 4. The lowest BCUT2D eigenvalue weighted by Gasteiger charge is -2.23. The number of rotatable bonds is 4. The summed E-state index contributed by atoms with van der Waals surface area (Å²) in [4.78, 5) is 21.5. The first kappa shape index (κ1) is 13.8. The van der Waals surface area contributed by atoms with E-state index in [9.17, 15) is 18.0 Å². The first-order valence-corrected chi connectivity index (χ1v) is 6.33. The summed E-state index contributed by atoms with van der Waals surface area (Å²) in [7, 11) is -4.63. The van der Waals surface area contributed by atoms with E-state index in [1.165, 1.54) is 0 Å². The summed E-state index contributed by atoms with van der Waals surface area (Å²) in [5.41, 5.74) is 0. The summed E-state index contributed by atoms with van der Waals surface area (Å²) in [5, 5.41) is 0. The highest BCUT2D eigenvalue weighted by Crippen LogP contribution is 2.28. The van der Waals surface area contributed by atoms with E-state index in [1.54, 1.807) is 0 Å². The number of carbonyl (C=O) groups is 2. The topological polar surface area (TPSA) is 124 Å².